The first-order chi connectivity index (χ1) is 9.15. The van der Waals surface area contributed by atoms with E-state index >= 15 is 0 Å². The molecule has 5 heteroatoms. The number of halogens is 2. The number of benzene rings is 1. The maximum absolute atomic E-state index is 11.5. The highest BCUT2D eigenvalue weighted by atomic mass is 35.5. The normalized spacial score (nSPS) is 14.4. The molecule has 1 aliphatic carbocycles. The van der Waals surface area contributed by atoms with Crippen LogP contribution in [-0.4, -0.2) is 25.5 Å². The van der Waals surface area contributed by atoms with E-state index < -0.39 is 0 Å². The van der Waals surface area contributed by atoms with Gasteiger partial charge in [-0.15, -0.1) is 0 Å². The minimum absolute atomic E-state index is 0.0640. The Morgan fingerprint density at radius 2 is 2.11 bits per heavy atom. The van der Waals surface area contributed by atoms with E-state index in [1.807, 2.05) is 12.1 Å². The van der Waals surface area contributed by atoms with Crippen molar-refractivity contribution in [3.05, 3.63) is 33.8 Å². The predicted octanol–water partition coefficient (Wildman–Crippen LogP) is 2.65. The van der Waals surface area contributed by atoms with E-state index in [2.05, 4.69) is 10.6 Å². The molecule has 1 saturated carbocycles. The summed E-state index contributed by atoms with van der Waals surface area (Å²) in [5.74, 6) is 0.783. The first kappa shape index (κ1) is 14.6. The van der Waals surface area contributed by atoms with Crippen LogP contribution < -0.4 is 10.6 Å². The Labute approximate surface area is 123 Å². The van der Waals surface area contributed by atoms with Gasteiger partial charge in [0.05, 0.1) is 6.54 Å². The number of nitrogens with one attached hydrogen (secondary N) is 2. The third-order valence-corrected chi connectivity index (χ3v) is 3.74. The lowest BCUT2D eigenvalue weighted by Crippen LogP contribution is -2.35. The summed E-state index contributed by atoms with van der Waals surface area (Å²) in [6.45, 7) is 1.90. The molecule has 1 fully saturated rings. The van der Waals surface area contributed by atoms with Crippen LogP contribution in [0.25, 0.3) is 0 Å². The molecule has 1 amide bonds. The van der Waals surface area contributed by atoms with E-state index in [0.29, 0.717) is 16.6 Å². The zero-order valence-corrected chi connectivity index (χ0v) is 12.2. The smallest absolute Gasteiger partial charge is 0.233 e. The SMILES string of the molecule is O=C(CNCCc1ccc(Cl)cc1Cl)NCC1CC1. The number of amides is 1. The summed E-state index contributed by atoms with van der Waals surface area (Å²) in [6.07, 6.45) is 3.29. The third kappa shape index (κ3) is 5.39. The molecule has 2 N–H and O–H groups in total. The lowest BCUT2D eigenvalue weighted by molar-refractivity contribution is -0.120. The summed E-state index contributed by atoms with van der Waals surface area (Å²) in [4.78, 5) is 11.5. The number of carbonyl (C=O) groups is 1. The van der Waals surface area contributed by atoms with Crippen molar-refractivity contribution >= 4 is 29.1 Å². The molecule has 0 aromatic heterocycles. The Morgan fingerprint density at radius 1 is 1.32 bits per heavy atom. The molecule has 1 aromatic rings. The average molecular weight is 301 g/mol. The molecule has 0 atom stereocenters. The van der Waals surface area contributed by atoms with Gasteiger partial charge in [-0.05, 0) is 49.4 Å². The van der Waals surface area contributed by atoms with Crippen LogP contribution in [0.2, 0.25) is 10.0 Å². The maximum atomic E-state index is 11.5. The van der Waals surface area contributed by atoms with Crippen molar-refractivity contribution in [1.82, 2.24) is 10.6 Å². The zero-order valence-electron chi connectivity index (χ0n) is 10.7. The molecule has 0 heterocycles. The van der Waals surface area contributed by atoms with Crippen molar-refractivity contribution in [2.75, 3.05) is 19.6 Å². The summed E-state index contributed by atoms with van der Waals surface area (Å²) in [5.41, 5.74) is 1.04. The number of rotatable bonds is 7. The van der Waals surface area contributed by atoms with E-state index in [0.717, 1.165) is 31.0 Å². The minimum atomic E-state index is 0.0640. The second kappa shape index (κ2) is 7.13. The van der Waals surface area contributed by atoms with Gasteiger partial charge in [0.1, 0.15) is 0 Å². The van der Waals surface area contributed by atoms with E-state index in [1.54, 1.807) is 6.07 Å². The fraction of sp³-hybridized carbons (Fsp3) is 0.500. The molecule has 1 aromatic carbocycles. The molecule has 0 bridgehead atoms. The summed E-state index contributed by atoms with van der Waals surface area (Å²) in [5, 5.41) is 7.35. The van der Waals surface area contributed by atoms with Crippen molar-refractivity contribution in [2.24, 2.45) is 5.92 Å². The highest BCUT2D eigenvalue weighted by Crippen LogP contribution is 2.27. The van der Waals surface area contributed by atoms with Crippen LogP contribution in [-0.2, 0) is 11.2 Å². The predicted molar refractivity (Wildman–Crippen MR) is 78.8 cm³/mol. The maximum Gasteiger partial charge on any atom is 0.233 e. The highest BCUT2D eigenvalue weighted by molar-refractivity contribution is 6.35. The Hall–Kier alpha value is -0.770. The fourth-order valence-corrected chi connectivity index (χ4v) is 2.30. The second-order valence-electron chi connectivity index (χ2n) is 4.91. The first-order valence-corrected chi connectivity index (χ1v) is 7.32. The Balaban J connectivity index is 1.61. The van der Waals surface area contributed by atoms with Gasteiger partial charge in [0, 0.05) is 16.6 Å². The highest BCUT2D eigenvalue weighted by Gasteiger charge is 2.21. The van der Waals surface area contributed by atoms with Gasteiger partial charge < -0.3 is 10.6 Å². The standard InChI is InChI=1S/C14H18Cl2N2O/c15-12-4-3-11(13(16)7-12)5-6-17-9-14(19)18-8-10-1-2-10/h3-4,7,10,17H,1-2,5-6,8-9H2,(H,18,19). The lowest BCUT2D eigenvalue weighted by Gasteiger charge is -2.07. The van der Waals surface area contributed by atoms with Crippen LogP contribution in [0.1, 0.15) is 18.4 Å². The molecule has 2 rings (SSSR count). The van der Waals surface area contributed by atoms with E-state index in [9.17, 15) is 4.79 Å². The zero-order chi connectivity index (χ0) is 13.7. The van der Waals surface area contributed by atoms with Gasteiger partial charge >= 0.3 is 0 Å². The molecule has 0 saturated heterocycles. The largest absolute Gasteiger partial charge is 0.355 e. The molecule has 19 heavy (non-hydrogen) atoms. The molecule has 0 unspecified atom stereocenters. The molecule has 3 nitrogen and oxygen atoms in total. The fourth-order valence-electron chi connectivity index (χ4n) is 1.79. The van der Waals surface area contributed by atoms with Crippen LogP contribution in [0.4, 0.5) is 0 Å². The van der Waals surface area contributed by atoms with E-state index in [-0.39, 0.29) is 5.91 Å². The van der Waals surface area contributed by atoms with Crippen LogP contribution in [0, 0.1) is 5.92 Å². The van der Waals surface area contributed by atoms with Crippen molar-refractivity contribution in [2.45, 2.75) is 19.3 Å². The summed E-state index contributed by atoms with van der Waals surface area (Å²) in [7, 11) is 0. The monoisotopic (exact) mass is 300 g/mol. The van der Waals surface area contributed by atoms with Gasteiger partial charge in [0.15, 0.2) is 0 Å². The molecular formula is C14H18Cl2N2O. The van der Waals surface area contributed by atoms with Crippen molar-refractivity contribution in [3.63, 3.8) is 0 Å². The van der Waals surface area contributed by atoms with Crippen LogP contribution in [0.15, 0.2) is 18.2 Å². The van der Waals surface area contributed by atoms with Gasteiger partial charge in [0.2, 0.25) is 5.91 Å². The Kier molecular flexibility index (Phi) is 5.49. The van der Waals surface area contributed by atoms with E-state index in [1.165, 1.54) is 12.8 Å². The molecule has 104 valence electrons. The minimum Gasteiger partial charge on any atom is -0.355 e. The van der Waals surface area contributed by atoms with Gasteiger partial charge in [0.25, 0.3) is 0 Å². The quantitative estimate of drug-likeness (QED) is 0.760. The second-order valence-corrected chi connectivity index (χ2v) is 5.75. The Morgan fingerprint density at radius 3 is 2.79 bits per heavy atom. The number of hydrogen-bond donors (Lipinski definition) is 2. The van der Waals surface area contributed by atoms with Crippen LogP contribution >= 0.6 is 23.2 Å². The Bertz CT molecular complexity index is 447. The van der Waals surface area contributed by atoms with Crippen LogP contribution in [0.5, 0.6) is 0 Å². The molecule has 0 aliphatic heterocycles. The van der Waals surface area contributed by atoms with E-state index in [4.69, 9.17) is 23.2 Å². The van der Waals surface area contributed by atoms with Gasteiger partial charge in [-0.1, -0.05) is 29.3 Å². The van der Waals surface area contributed by atoms with Crippen molar-refractivity contribution in [3.8, 4) is 0 Å². The number of hydrogen-bond acceptors (Lipinski definition) is 2. The summed E-state index contributed by atoms with van der Waals surface area (Å²) >= 11 is 11.9. The van der Waals surface area contributed by atoms with Gasteiger partial charge in [-0.3, -0.25) is 4.79 Å². The van der Waals surface area contributed by atoms with Gasteiger partial charge in [-0.2, -0.15) is 0 Å². The molecule has 0 spiro atoms. The average Bonchev–Trinajstić information content (AvgIpc) is 3.18. The number of carbonyl (C=O) groups excluding carboxylic acids is 1. The van der Waals surface area contributed by atoms with Gasteiger partial charge in [-0.25, -0.2) is 0 Å². The van der Waals surface area contributed by atoms with Crippen LogP contribution in [0.3, 0.4) is 0 Å². The van der Waals surface area contributed by atoms with Crippen molar-refractivity contribution in [1.29, 1.82) is 0 Å². The molecular weight excluding hydrogens is 283 g/mol. The summed E-state index contributed by atoms with van der Waals surface area (Å²) in [6, 6.07) is 5.48. The van der Waals surface area contributed by atoms with Crippen molar-refractivity contribution < 1.29 is 4.79 Å². The third-order valence-electron chi connectivity index (χ3n) is 3.16. The molecule has 0 radical (unpaired) electrons. The first-order valence-electron chi connectivity index (χ1n) is 6.56. The molecule has 1 aliphatic rings. The topological polar surface area (TPSA) is 41.1 Å². The lowest BCUT2D eigenvalue weighted by atomic mass is 10.1. The summed E-state index contributed by atoms with van der Waals surface area (Å²) < 4.78 is 0.